The van der Waals surface area contributed by atoms with Crippen molar-refractivity contribution in [3.8, 4) is 0 Å². The molecule has 0 bridgehead atoms. The molecule has 0 aliphatic rings. The Morgan fingerprint density at radius 3 is 2.82 bits per heavy atom. The Bertz CT molecular complexity index is 385. The molecule has 1 atom stereocenters. The summed E-state index contributed by atoms with van der Waals surface area (Å²) in [6.45, 7) is 0.234. The van der Waals surface area contributed by atoms with Gasteiger partial charge in [-0.2, -0.15) is 0 Å². The normalized spacial score (nSPS) is 12.5. The predicted molar refractivity (Wildman–Crippen MR) is 70.7 cm³/mol. The number of rotatable bonds is 5. The van der Waals surface area contributed by atoms with Crippen LogP contribution in [0.25, 0.3) is 0 Å². The van der Waals surface area contributed by atoms with E-state index in [1.54, 1.807) is 7.05 Å². The third kappa shape index (κ3) is 4.11. The Labute approximate surface area is 110 Å². The van der Waals surface area contributed by atoms with Crippen molar-refractivity contribution in [1.82, 2.24) is 10.2 Å². The first kappa shape index (κ1) is 14.2. The van der Waals surface area contributed by atoms with E-state index < -0.39 is 0 Å². The van der Waals surface area contributed by atoms with Crippen molar-refractivity contribution < 1.29 is 9.90 Å². The van der Waals surface area contributed by atoms with Crippen LogP contribution in [0.5, 0.6) is 0 Å². The molecule has 0 aromatic heterocycles. The maximum atomic E-state index is 11.3. The van der Waals surface area contributed by atoms with Crippen molar-refractivity contribution >= 4 is 21.8 Å². The van der Waals surface area contributed by atoms with E-state index in [-0.39, 0.29) is 25.1 Å². The van der Waals surface area contributed by atoms with Gasteiger partial charge >= 0.3 is 0 Å². The lowest BCUT2D eigenvalue weighted by Crippen LogP contribution is -2.36. The highest BCUT2D eigenvalue weighted by atomic mass is 79.9. The zero-order valence-electron chi connectivity index (χ0n) is 9.98. The number of likely N-dealkylation sites (N-methyl/N-ethyl adjacent to an activating group) is 2. The molecule has 2 N–H and O–H groups in total. The largest absolute Gasteiger partial charge is 0.394 e. The average Bonchev–Trinajstić information content (AvgIpc) is 2.30. The van der Waals surface area contributed by atoms with Crippen LogP contribution < -0.4 is 5.32 Å². The molecule has 1 amide bonds. The first-order valence-electron chi connectivity index (χ1n) is 5.35. The fourth-order valence-electron chi connectivity index (χ4n) is 1.63. The molecule has 0 saturated carbocycles. The van der Waals surface area contributed by atoms with Crippen LogP contribution in [0.15, 0.2) is 28.7 Å². The fourth-order valence-corrected chi connectivity index (χ4v) is 2.05. The van der Waals surface area contributed by atoms with Gasteiger partial charge in [-0.25, -0.2) is 0 Å². The molecule has 1 unspecified atom stereocenters. The SMILES string of the molecule is CNC(=O)CN(C)C(CO)c1cccc(Br)c1. The molecule has 1 aromatic rings. The lowest BCUT2D eigenvalue weighted by Gasteiger charge is -2.26. The molecular formula is C12H17BrN2O2. The van der Waals surface area contributed by atoms with Gasteiger partial charge in [0.2, 0.25) is 5.91 Å². The number of aliphatic hydroxyl groups is 1. The van der Waals surface area contributed by atoms with Crippen LogP contribution in [0.1, 0.15) is 11.6 Å². The summed E-state index contributed by atoms with van der Waals surface area (Å²) in [4.78, 5) is 13.1. The van der Waals surface area contributed by atoms with E-state index in [9.17, 15) is 9.90 Å². The first-order chi connectivity index (χ1) is 8.08. The van der Waals surface area contributed by atoms with E-state index in [1.807, 2.05) is 36.2 Å². The van der Waals surface area contributed by atoms with Crippen LogP contribution in [0.2, 0.25) is 0 Å². The van der Waals surface area contributed by atoms with Crippen LogP contribution in [0.3, 0.4) is 0 Å². The van der Waals surface area contributed by atoms with E-state index in [2.05, 4.69) is 21.2 Å². The highest BCUT2D eigenvalue weighted by molar-refractivity contribution is 9.10. The number of carbonyl (C=O) groups is 1. The van der Waals surface area contributed by atoms with E-state index in [1.165, 1.54) is 0 Å². The monoisotopic (exact) mass is 300 g/mol. The zero-order chi connectivity index (χ0) is 12.8. The van der Waals surface area contributed by atoms with Gasteiger partial charge in [-0.05, 0) is 24.7 Å². The number of nitrogens with zero attached hydrogens (tertiary/aromatic N) is 1. The van der Waals surface area contributed by atoms with Crippen molar-refractivity contribution in [3.05, 3.63) is 34.3 Å². The Morgan fingerprint density at radius 2 is 2.29 bits per heavy atom. The molecule has 0 spiro atoms. The fraction of sp³-hybridized carbons (Fsp3) is 0.417. The first-order valence-corrected chi connectivity index (χ1v) is 6.15. The number of benzene rings is 1. The minimum Gasteiger partial charge on any atom is -0.394 e. The summed E-state index contributed by atoms with van der Waals surface area (Å²) >= 11 is 3.39. The molecule has 0 saturated heterocycles. The topological polar surface area (TPSA) is 52.6 Å². The van der Waals surface area contributed by atoms with Crippen molar-refractivity contribution in [1.29, 1.82) is 0 Å². The summed E-state index contributed by atoms with van der Waals surface area (Å²) in [6.07, 6.45) is 0. The third-order valence-corrected chi connectivity index (χ3v) is 3.10. The van der Waals surface area contributed by atoms with E-state index in [0.29, 0.717) is 0 Å². The summed E-state index contributed by atoms with van der Waals surface area (Å²) in [6, 6.07) is 7.55. The minimum atomic E-state index is -0.176. The highest BCUT2D eigenvalue weighted by Gasteiger charge is 2.18. The van der Waals surface area contributed by atoms with Crippen molar-refractivity contribution in [3.63, 3.8) is 0 Å². The maximum Gasteiger partial charge on any atom is 0.233 e. The number of nitrogens with one attached hydrogen (secondary N) is 1. The number of carbonyl (C=O) groups excluding carboxylic acids is 1. The van der Waals surface area contributed by atoms with Gasteiger partial charge in [-0.3, -0.25) is 9.69 Å². The van der Waals surface area contributed by atoms with Gasteiger partial charge < -0.3 is 10.4 Å². The van der Waals surface area contributed by atoms with Gasteiger partial charge in [0.15, 0.2) is 0 Å². The lowest BCUT2D eigenvalue weighted by molar-refractivity contribution is -0.122. The zero-order valence-corrected chi connectivity index (χ0v) is 11.6. The quantitative estimate of drug-likeness (QED) is 0.858. The number of aliphatic hydroxyl groups excluding tert-OH is 1. The maximum absolute atomic E-state index is 11.3. The van der Waals surface area contributed by atoms with Gasteiger partial charge in [-0.15, -0.1) is 0 Å². The van der Waals surface area contributed by atoms with E-state index >= 15 is 0 Å². The van der Waals surface area contributed by atoms with Crippen LogP contribution >= 0.6 is 15.9 Å². The third-order valence-electron chi connectivity index (χ3n) is 2.61. The minimum absolute atomic E-state index is 0.0239. The molecule has 1 rings (SSSR count). The second kappa shape index (κ2) is 6.74. The van der Waals surface area contributed by atoms with Gasteiger partial charge in [0, 0.05) is 11.5 Å². The molecule has 5 heteroatoms. The summed E-state index contributed by atoms with van der Waals surface area (Å²) in [5.74, 6) is -0.0686. The molecule has 94 valence electrons. The van der Waals surface area contributed by atoms with E-state index in [0.717, 1.165) is 10.0 Å². The molecular weight excluding hydrogens is 284 g/mol. The standard InChI is InChI=1S/C12H17BrN2O2/c1-14-12(17)7-15(2)11(8-16)9-4-3-5-10(13)6-9/h3-6,11,16H,7-8H2,1-2H3,(H,14,17). The average molecular weight is 301 g/mol. The van der Waals surface area contributed by atoms with Gasteiger partial charge in [-0.1, -0.05) is 28.1 Å². The van der Waals surface area contributed by atoms with Crippen LogP contribution in [0.4, 0.5) is 0 Å². The summed E-state index contributed by atoms with van der Waals surface area (Å²) < 4.78 is 0.960. The smallest absolute Gasteiger partial charge is 0.233 e. The molecule has 0 fully saturated rings. The summed E-state index contributed by atoms with van der Waals surface area (Å²) in [7, 11) is 3.42. The van der Waals surface area contributed by atoms with Crippen LogP contribution in [0, 0.1) is 0 Å². The van der Waals surface area contributed by atoms with Crippen molar-refractivity contribution in [2.75, 3.05) is 27.2 Å². The molecule has 1 aromatic carbocycles. The summed E-state index contributed by atoms with van der Waals surface area (Å²) in [5, 5.41) is 12.0. The highest BCUT2D eigenvalue weighted by Crippen LogP contribution is 2.21. The second-order valence-corrected chi connectivity index (χ2v) is 4.76. The van der Waals surface area contributed by atoms with Crippen molar-refractivity contribution in [2.45, 2.75) is 6.04 Å². The Hall–Kier alpha value is -0.910. The Balaban J connectivity index is 2.80. The van der Waals surface area contributed by atoms with Crippen molar-refractivity contribution in [2.24, 2.45) is 0 Å². The Kier molecular flexibility index (Phi) is 5.61. The lowest BCUT2D eigenvalue weighted by atomic mass is 10.1. The van der Waals surface area contributed by atoms with Crippen LogP contribution in [-0.2, 0) is 4.79 Å². The number of amides is 1. The molecule has 0 aliphatic carbocycles. The number of halogens is 1. The van der Waals surface area contributed by atoms with Gasteiger partial charge in [0.05, 0.1) is 19.2 Å². The number of hydrogen-bond donors (Lipinski definition) is 2. The second-order valence-electron chi connectivity index (χ2n) is 3.84. The molecule has 0 heterocycles. The van der Waals surface area contributed by atoms with Gasteiger partial charge in [0.25, 0.3) is 0 Å². The molecule has 0 radical (unpaired) electrons. The summed E-state index contributed by atoms with van der Waals surface area (Å²) in [5.41, 5.74) is 0.980. The number of hydrogen-bond acceptors (Lipinski definition) is 3. The Morgan fingerprint density at radius 1 is 1.59 bits per heavy atom. The molecule has 0 aliphatic heterocycles. The predicted octanol–water partition coefficient (Wildman–Crippen LogP) is 1.16. The molecule has 4 nitrogen and oxygen atoms in total. The van der Waals surface area contributed by atoms with Crippen LogP contribution in [-0.4, -0.2) is 43.2 Å². The van der Waals surface area contributed by atoms with E-state index in [4.69, 9.17) is 0 Å². The van der Waals surface area contributed by atoms with Gasteiger partial charge in [0.1, 0.15) is 0 Å². The molecule has 17 heavy (non-hydrogen) atoms.